The van der Waals surface area contributed by atoms with Gasteiger partial charge in [0.25, 0.3) is 0 Å². The number of alkyl halides is 6. The second-order valence-corrected chi connectivity index (χ2v) is 14.9. The van der Waals surface area contributed by atoms with Gasteiger partial charge in [0, 0.05) is 0 Å². The second-order valence-electron chi connectivity index (χ2n) is 9.54. The molecule has 6 nitrogen and oxygen atoms in total. The first-order valence-electron chi connectivity index (χ1n) is 12.4. The van der Waals surface area contributed by atoms with E-state index in [-0.39, 0.29) is 22.9 Å². The molecular weight excluding hydrogens is 653 g/mol. The summed E-state index contributed by atoms with van der Waals surface area (Å²) in [6.45, 7) is 2.57. The molecule has 0 saturated heterocycles. The Morgan fingerprint density at radius 2 is 1.67 bits per heavy atom. The summed E-state index contributed by atoms with van der Waals surface area (Å²) < 4.78 is 82.3. The number of rotatable bonds is 9. The van der Waals surface area contributed by atoms with E-state index in [0.717, 1.165) is 53.5 Å². The van der Waals surface area contributed by atoms with Crippen LogP contribution in [0.4, 0.5) is 26.3 Å². The zero-order valence-electron chi connectivity index (χ0n) is 21.3. The van der Waals surface area contributed by atoms with Crippen LogP contribution < -0.4 is 9.93 Å². The van der Waals surface area contributed by atoms with Crippen molar-refractivity contribution in [2.75, 3.05) is 6.54 Å². The van der Waals surface area contributed by atoms with Gasteiger partial charge in [0.15, 0.2) is 0 Å². The quantitative estimate of drug-likeness (QED) is 0.221. The van der Waals surface area contributed by atoms with Crippen LogP contribution in [0.1, 0.15) is 66.6 Å². The molecule has 1 saturated carbocycles. The molecule has 2 heterocycles. The van der Waals surface area contributed by atoms with Crippen molar-refractivity contribution < 1.29 is 26.3 Å². The molecule has 0 amide bonds. The molecule has 4 rings (SSSR count). The first-order chi connectivity index (χ1) is 18.3. The summed E-state index contributed by atoms with van der Waals surface area (Å²) in [5.41, 5.74) is -1.06. The van der Waals surface area contributed by atoms with Gasteiger partial charge in [-0.25, -0.2) is 0 Å². The SMILES string of the molecule is CC[N]C(c1ncc(Br)cc1C[As](Cc1cc(C(F)(F)F)cc(C(F)(F)F)c1)c1nnn(C)n1)C1CCCC1. The van der Waals surface area contributed by atoms with E-state index in [4.69, 9.17) is 10.3 Å². The van der Waals surface area contributed by atoms with Crippen LogP contribution in [0.25, 0.3) is 0 Å². The fourth-order valence-corrected chi connectivity index (χ4v) is 9.74. The maximum absolute atomic E-state index is 13.5. The van der Waals surface area contributed by atoms with Crippen LogP contribution in [-0.2, 0) is 29.8 Å². The Morgan fingerprint density at radius 1 is 1.03 bits per heavy atom. The molecule has 39 heavy (non-hydrogen) atoms. The van der Waals surface area contributed by atoms with Crippen molar-refractivity contribution in [3.63, 3.8) is 0 Å². The molecule has 1 aliphatic rings. The zero-order chi connectivity index (χ0) is 28.4. The minimum atomic E-state index is -4.92. The van der Waals surface area contributed by atoms with E-state index >= 15 is 0 Å². The average molecular weight is 680 g/mol. The normalized spacial score (nSPS) is 16.5. The van der Waals surface area contributed by atoms with Gasteiger partial charge in [0.05, 0.1) is 0 Å². The van der Waals surface area contributed by atoms with Crippen molar-refractivity contribution in [2.24, 2.45) is 13.0 Å². The summed E-state index contributed by atoms with van der Waals surface area (Å²) in [6, 6.07) is 3.52. The van der Waals surface area contributed by atoms with E-state index in [1.165, 1.54) is 4.80 Å². The van der Waals surface area contributed by atoms with E-state index in [9.17, 15) is 26.3 Å². The summed E-state index contributed by atoms with van der Waals surface area (Å²) in [6.07, 6.45) is -3.85. The van der Waals surface area contributed by atoms with E-state index in [1.54, 1.807) is 13.2 Å². The molecule has 1 radical (unpaired) electrons. The molecule has 0 bridgehead atoms. The van der Waals surface area contributed by atoms with Crippen molar-refractivity contribution in [1.82, 2.24) is 30.5 Å². The van der Waals surface area contributed by atoms with Gasteiger partial charge in [-0.1, -0.05) is 0 Å². The third-order valence-electron chi connectivity index (χ3n) is 6.64. The molecular formula is C25H27AsBrF6N6. The van der Waals surface area contributed by atoms with Crippen molar-refractivity contribution in [2.45, 2.75) is 61.4 Å². The van der Waals surface area contributed by atoms with Gasteiger partial charge in [-0.05, 0) is 0 Å². The molecule has 1 fully saturated rings. The third kappa shape index (κ3) is 7.61. The van der Waals surface area contributed by atoms with Crippen LogP contribution >= 0.6 is 15.9 Å². The number of tetrazole rings is 1. The van der Waals surface area contributed by atoms with Crippen molar-refractivity contribution >= 4 is 35.2 Å². The fourth-order valence-electron chi connectivity index (χ4n) is 4.95. The number of benzene rings is 1. The standard InChI is InChI=1S/C25H27AsBrF6N6/c1-3-34-21(16-6-4-5-7-16)22-17(10-20(27)14-35-22)13-26(23-36-38-39(2)37-23)12-15-8-18(24(28,29)30)11-19(9-15)25(31,32)33/h8-11,14,16,21H,3-7,12-13H2,1-2H3. The molecule has 1 aliphatic carbocycles. The number of pyridine rings is 1. The number of aryl methyl sites for hydroxylation is 1. The number of halogens is 7. The van der Waals surface area contributed by atoms with E-state index in [0.29, 0.717) is 22.3 Å². The predicted molar refractivity (Wildman–Crippen MR) is 137 cm³/mol. The second kappa shape index (κ2) is 12.3. The van der Waals surface area contributed by atoms with E-state index < -0.39 is 38.1 Å². The van der Waals surface area contributed by atoms with Gasteiger partial charge in [0.2, 0.25) is 0 Å². The Hall–Kier alpha value is -1.98. The summed E-state index contributed by atoms with van der Waals surface area (Å²) in [5.74, 6) is 0.339. The zero-order valence-corrected chi connectivity index (χ0v) is 24.7. The summed E-state index contributed by atoms with van der Waals surface area (Å²) in [5, 5.41) is 17.5. The monoisotopic (exact) mass is 679 g/mol. The maximum atomic E-state index is 13.5. The Labute approximate surface area is 235 Å². The number of hydrogen-bond acceptors (Lipinski definition) is 4. The van der Waals surface area contributed by atoms with Gasteiger partial charge in [-0.15, -0.1) is 0 Å². The van der Waals surface area contributed by atoms with Crippen LogP contribution in [-0.4, -0.2) is 46.4 Å². The Bertz CT molecular complexity index is 1240. The topological polar surface area (TPSA) is 70.6 Å². The van der Waals surface area contributed by atoms with Gasteiger partial charge in [-0.3, -0.25) is 0 Å². The molecule has 1 aromatic carbocycles. The third-order valence-corrected chi connectivity index (χ3v) is 11.7. The summed E-state index contributed by atoms with van der Waals surface area (Å²) in [7, 11) is 1.57. The van der Waals surface area contributed by atoms with Gasteiger partial charge < -0.3 is 0 Å². The van der Waals surface area contributed by atoms with Crippen LogP contribution in [0.5, 0.6) is 0 Å². The van der Waals surface area contributed by atoms with E-state index in [2.05, 4.69) is 31.3 Å². The van der Waals surface area contributed by atoms with Crippen LogP contribution in [0.15, 0.2) is 34.9 Å². The minimum absolute atomic E-state index is 0.0172. The first kappa shape index (κ1) is 30.0. The molecule has 0 N–H and O–H groups in total. The Balaban J connectivity index is 1.76. The first-order valence-corrected chi connectivity index (χ1v) is 16.8. The van der Waals surface area contributed by atoms with Crippen LogP contribution in [0, 0.1) is 5.92 Å². The van der Waals surface area contributed by atoms with E-state index in [1.807, 2.05) is 13.0 Å². The predicted octanol–water partition coefficient (Wildman–Crippen LogP) is 5.53. The number of hydrogen-bond donors (Lipinski definition) is 0. The summed E-state index contributed by atoms with van der Waals surface area (Å²) >= 11 is 0.923. The van der Waals surface area contributed by atoms with Crippen molar-refractivity contribution in [1.29, 1.82) is 0 Å². The Morgan fingerprint density at radius 3 is 2.21 bits per heavy atom. The molecule has 3 aromatic rings. The molecule has 2 atom stereocenters. The fraction of sp³-hybridized carbons (Fsp3) is 0.520. The molecule has 2 unspecified atom stereocenters. The average Bonchev–Trinajstić information content (AvgIpc) is 3.53. The molecule has 0 aliphatic heterocycles. The Kier molecular flexibility index (Phi) is 9.43. The molecule has 211 valence electrons. The van der Waals surface area contributed by atoms with Crippen molar-refractivity contribution in [3.8, 4) is 0 Å². The summed E-state index contributed by atoms with van der Waals surface area (Å²) in [4.78, 5) is 5.97. The van der Waals surface area contributed by atoms with Gasteiger partial charge in [0.1, 0.15) is 0 Å². The molecule has 0 spiro atoms. The number of aromatic nitrogens is 5. The van der Waals surface area contributed by atoms with Crippen LogP contribution in [0.3, 0.4) is 0 Å². The number of nitrogens with zero attached hydrogens (tertiary/aromatic N) is 6. The van der Waals surface area contributed by atoms with Crippen molar-refractivity contribution in [3.05, 3.63) is 62.9 Å². The van der Waals surface area contributed by atoms with Crippen LogP contribution in [0.2, 0.25) is 0 Å². The molecule has 2 aromatic heterocycles. The molecule has 14 heteroatoms. The van der Waals surface area contributed by atoms with Gasteiger partial charge >= 0.3 is 236 Å². The van der Waals surface area contributed by atoms with Gasteiger partial charge in [-0.2, -0.15) is 0 Å².